The van der Waals surface area contributed by atoms with Gasteiger partial charge in [-0.25, -0.2) is 4.98 Å². The normalized spacial score (nSPS) is 10.6. The van der Waals surface area contributed by atoms with Gasteiger partial charge in [0.1, 0.15) is 5.52 Å². The zero-order valence-corrected chi connectivity index (χ0v) is 9.72. The molecule has 4 heteroatoms. The summed E-state index contributed by atoms with van der Waals surface area (Å²) in [6.45, 7) is 2.14. The highest BCUT2D eigenvalue weighted by Crippen LogP contribution is 2.24. The Labute approximate surface area is 99.4 Å². The molecule has 0 unspecified atom stereocenters. The third-order valence-corrected chi connectivity index (χ3v) is 2.76. The number of aryl methyl sites for hydroxylation is 1. The predicted molar refractivity (Wildman–Crippen MR) is 67.0 cm³/mol. The average Bonchev–Trinajstić information content (AvgIpc) is 2.35. The van der Waals surface area contributed by atoms with Gasteiger partial charge in [-0.1, -0.05) is 25.5 Å². The summed E-state index contributed by atoms with van der Waals surface area (Å²) < 4.78 is 0. The molecule has 0 aliphatic rings. The van der Waals surface area contributed by atoms with Crippen molar-refractivity contribution in [2.75, 3.05) is 0 Å². The molecule has 0 amide bonds. The van der Waals surface area contributed by atoms with Gasteiger partial charge in [0, 0.05) is 17.6 Å². The van der Waals surface area contributed by atoms with Crippen molar-refractivity contribution in [3.8, 4) is 0 Å². The van der Waals surface area contributed by atoms with Crippen LogP contribution in [0.1, 0.15) is 25.3 Å². The molecular formula is C13H14N2O2. The first-order valence-electron chi connectivity index (χ1n) is 5.74. The first-order chi connectivity index (χ1) is 8.22. The number of nitrogens with zero attached hydrogens (tertiary/aromatic N) is 2. The molecule has 4 nitrogen and oxygen atoms in total. The van der Waals surface area contributed by atoms with Gasteiger partial charge in [-0.3, -0.25) is 10.1 Å². The Hall–Kier alpha value is -1.97. The van der Waals surface area contributed by atoms with Gasteiger partial charge in [0.25, 0.3) is 5.69 Å². The largest absolute Gasteiger partial charge is 0.295 e. The number of para-hydroxylation sites is 1. The number of aromatic nitrogens is 1. The summed E-state index contributed by atoms with van der Waals surface area (Å²) in [5.41, 5.74) is 1.68. The Morgan fingerprint density at radius 3 is 2.94 bits per heavy atom. The van der Waals surface area contributed by atoms with Crippen LogP contribution in [0, 0.1) is 10.1 Å². The van der Waals surface area contributed by atoms with E-state index < -0.39 is 0 Å². The van der Waals surface area contributed by atoms with E-state index >= 15 is 0 Å². The van der Waals surface area contributed by atoms with Crippen LogP contribution in [0.3, 0.4) is 0 Å². The third-order valence-electron chi connectivity index (χ3n) is 2.76. The molecular weight excluding hydrogens is 216 g/mol. The zero-order valence-electron chi connectivity index (χ0n) is 9.72. The summed E-state index contributed by atoms with van der Waals surface area (Å²) in [6, 6.07) is 7.04. The summed E-state index contributed by atoms with van der Waals surface area (Å²) in [7, 11) is 0. The van der Waals surface area contributed by atoms with Crippen LogP contribution in [-0.4, -0.2) is 9.91 Å². The molecule has 0 N–H and O–H groups in total. The van der Waals surface area contributed by atoms with Gasteiger partial charge < -0.3 is 0 Å². The topological polar surface area (TPSA) is 56.0 Å². The minimum atomic E-state index is -0.388. The summed E-state index contributed by atoms with van der Waals surface area (Å²) in [5.74, 6) is 0. The molecule has 0 spiro atoms. The summed E-state index contributed by atoms with van der Waals surface area (Å²) >= 11 is 0. The molecule has 1 heterocycles. The molecule has 0 bridgehead atoms. The van der Waals surface area contributed by atoms with Crippen molar-refractivity contribution < 1.29 is 4.92 Å². The molecule has 2 aromatic rings. The molecule has 0 saturated carbocycles. The van der Waals surface area contributed by atoms with Crippen LogP contribution in [0.5, 0.6) is 0 Å². The van der Waals surface area contributed by atoms with Gasteiger partial charge in [-0.15, -0.1) is 0 Å². The molecule has 0 fully saturated rings. The van der Waals surface area contributed by atoms with E-state index in [1.807, 2.05) is 12.1 Å². The van der Waals surface area contributed by atoms with E-state index in [0.717, 1.165) is 30.2 Å². The van der Waals surface area contributed by atoms with E-state index in [-0.39, 0.29) is 10.6 Å². The van der Waals surface area contributed by atoms with Gasteiger partial charge in [0.05, 0.1) is 4.92 Å². The van der Waals surface area contributed by atoms with E-state index in [0.29, 0.717) is 5.52 Å². The van der Waals surface area contributed by atoms with Crippen LogP contribution in [-0.2, 0) is 6.42 Å². The highest BCUT2D eigenvalue weighted by atomic mass is 16.6. The maximum absolute atomic E-state index is 10.8. The maximum atomic E-state index is 10.8. The molecule has 0 saturated heterocycles. The fourth-order valence-electron chi connectivity index (χ4n) is 1.86. The number of rotatable bonds is 4. The maximum Gasteiger partial charge on any atom is 0.295 e. The average molecular weight is 230 g/mol. The number of pyridine rings is 1. The molecule has 17 heavy (non-hydrogen) atoms. The first kappa shape index (κ1) is 11.5. The summed E-state index contributed by atoms with van der Waals surface area (Å²) in [5, 5.41) is 11.7. The van der Waals surface area contributed by atoms with E-state index in [1.165, 1.54) is 6.07 Å². The number of non-ortho nitro benzene ring substituents is 1. The fraction of sp³-hybridized carbons (Fsp3) is 0.308. The van der Waals surface area contributed by atoms with Gasteiger partial charge in [0.2, 0.25) is 0 Å². The van der Waals surface area contributed by atoms with Crippen LogP contribution in [0.4, 0.5) is 5.69 Å². The smallest absolute Gasteiger partial charge is 0.258 e. The lowest BCUT2D eigenvalue weighted by atomic mass is 10.1. The van der Waals surface area contributed by atoms with Crippen LogP contribution in [0.15, 0.2) is 30.5 Å². The van der Waals surface area contributed by atoms with Crippen molar-refractivity contribution in [1.82, 2.24) is 4.98 Å². The second kappa shape index (κ2) is 4.91. The van der Waals surface area contributed by atoms with Gasteiger partial charge in [-0.05, 0) is 24.5 Å². The van der Waals surface area contributed by atoms with Gasteiger partial charge in [-0.2, -0.15) is 0 Å². The Bertz CT molecular complexity index is 552. The number of benzene rings is 1. The second-order valence-corrected chi connectivity index (χ2v) is 4.05. The lowest BCUT2D eigenvalue weighted by molar-refractivity contribution is -0.383. The highest BCUT2D eigenvalue weighted by Gasteiger charge is 2.12. The number of unbranched alkanes of at least 4 members (excludes halogenated alkanes) is 1. The van der Waals surface area contributed by atoms with Crippen molar-refractivity contribution >= 4 is 16.6 Å². The Kier molecular flexibility index (Phi) is 3.32. The molecule has 1 aromatic heterocycles. The molecule has 88 valence electrons. The van der Waals surface area contributed by atoms with E-state index in [2.05, 4.69) is 11.9 Å². The molecule has 0 radical (unpaired) electrons. The second-order valence-electron chi connectivity index (χ2n) is 4.05. The highest BCUT2D eigenvalue weighted by molar-refractivity contribution is 5.87. The molecule has 0 aliphatic carbocycles. The summed E-state index contributed by atoms with van der Waals surface area (Å²) in [4.78, 5) is 14.7. The lowest BCUT2D eigenvalue weighted by Crippen LogP contribution is -1.93. The van der Waals surface area contributed by atoms with Gasteiger partial charge >= 0.3 is 0 Å². The standard InChI is InChI=1S/C13H14N2O2/c1-2-3-5-10-8-11-6-4-7-12(15(16)17)13(11)14-9-10/h4,6-9H,2-3,5H2,1H3. The number of fused-ring (bicyclic) bond motifs is 1. The molecule has 2 rings (SSSR count). The first-order valence-corrected chi connectivity index (χ1v) is 5.74. The van der Waals surface area contributed by atoms with Crippen molar-refractivity contribution in [1.29, 1.82) is 0 Å². The third kappa shape index (κ3) is 2.41. The van der Waals surface area contributed by atoms with E-state index in [9.17, 15) is 10.1 Å². The molecule has 1 aromatic carbocycles. The van der Waals surface area contributed by atoms with Crippen molar-refractivity contribution in [2.45, 2.75) is 26.2 Å². The van der Waals surface area contributed by atoms with E-state index in [4.69, 9.17) is 0 Å². The number of nitro benzene ring substituents is 1. The van der Waals surface area contributed by atoms with Crippen LogP contribution in [0.2, 0.25) is 0 Å². The quantitative estimate of drug-likeness (QED) is 0.596. The number of nitro groups is 1. The SMILES string of the molecule is CCCCc1cnc2c([N+](=O)[O-])cccc2c1. The van der Waals surface area contributed by atoms with Crippen molar-refractivity contribution in [3.63, 3.8) is 0 Å². The molecule has 0 atom stereocenters. The Morgan fingerprint density at radius 1 is 1.41 bits per heavy atom. The number of hydrogen-bond acceptors (Lipinski definition) is 3. The zero-order chi connectivity index (χ0) is 12.3. The Morgan fingerprint density at radius 2 is 2.24 bits per heavy atom. The summed E-state index contributed by atoms with van der Waals surface area (Å²) in [6.07, 6.45) is 4.96. The van der Waals surface area contributed by atoms with Crippen LogP contribution >= 0.6 is 0 Å². The van der Waals surface area contributed by atoms with E-state index in [1.54, 1.807) is 12.3 Å². The Balaban J connectivity index is 2.45. The van der Waals surface area contributed by atoms with Crippen molar-refractivity contribution in [2.24, 2.45) is 0 Å². The minimum absolute atomic E-state index is 0.0736. The van der Waals surface area contributed by atoms with Crippen LogP contribution < -0.4 is 0 Å². The lowest BCUT2D eigenvalue weighted by Gasteiger charge is -2.02. The van der Waals surface area contributed by atoms with Crippen molar-refractivity contribution in [3.05, 3.63) is 46.1 Å². The predicted octanol–water partition coefficient (Wildman–Crippen LogP) is 3.49. The van der Waals surface area contributed by atoms with Gasteiger partial charge in [0.15, 0.2) is 0 Å². The number of hydrogen-bond donors (Lipinski definition) is 0. The fourth-order valence-corrected chi connectivity index (χ4v) is 1.86. The molecule has 0 aliphatic heterocycles. The monoisotopic (exact) mass is 230 g/mol. The van der Waals surface area contributed by atoms with Crippen LogP contribution in [0.25, 0.3) is 10.9 Å². The minimum Gasteiger partial charge on any atom is -0.258 e.